The first-order chi connectivity index (χ1) is 10.0. The monoisotopic (exact) mass is 307 g/mol. The van der Waals surface area contributed by atoms with Crippen molar-refractivity contribution >= 4 is 34.4 Å². The lowest BCUT2D eigenvalue weighted by molar-refractivity contribution is -0.139. The molecule has 110 valence electrons. The van der Waals surface area contributed by atoms with E-state index in [9.17, 15) is 9.59 Å². The summed E-state index contributed by atoms with van der Waals surface area (Å²) in [5.41, 5.74) is 1.53. The molecule has 0 spiro atoms. The Kier molecular flexibility index (Phi) is 4.75. The van der Waals surface area contributed by atoms with Crippen LogP contribution in [0, 0.1) is 0 Å². The molecule has 6 heteroatoms. The predicted octanol–water partition coefficient (Wildman–Crippen LogP) is 2.78. The minimum absolute atomic E-state index is 0.0474. The first-order valence-electron chi connectivity index (χ1n) is 6.38. The summed E-state index contributed by atoms with van der Waals surface area (Å²) in [4.78, 5) is 27.3. The Morgan fingerprint density at radius 1 is 1.29 bits per heavy atom. The topological polar surface area (TPSA) is 65.5 Å². The van der Waals surface area contributed by atoms with Crippen molar-refractivity contribution in [2.75, 3.05) is 13.7 Å². The second-order valence-corrected chi connectivity index (χ2v) is 4.71. The maximum Gasteiger partial charge on any atom is 0.338 e. The molecule has 0 atom stereocenters. The smallest absolute Gasteiger partial charge is 0.338 e. The summed E-state index contributed by atoms with van der Waals surface area (Å²) in [6.07, 6.45) is 0.0474. The van der Waals surface area contributed by atoms with E-state index in [1.54, 1.807) is 31.2 Å². The van der Waals surface area contributed by atoms with Gasteiger partial charge in [-0.2, -0.15) is 0 Å². The number of fused-ring (bicyclic) bond motifs is 1. The first-order valence-corrected chi connectivity index (χ1v) is 6.76. The number of benzene rings is 1. The molecule has 21 heavy (non-hydrogen) atoms. The van der Waals surface area contributed by atoms with Crippen LogP contribution in [0.5, 0.6) is 0 Å². The third-order valence-corrected chi connectivity index (χ3v) is 3.19. The molecule has 1 aromatic carbocycles. The molecule has 0 unspecified atom stereocenters. The van der Waals surface area contributed by atoms with Gasteiger partial charge in [-0.25, -0.2) is 4.79 Å². The number of nitrogens with zero attached hydrogens (tertiary/aromatic N) is 1. The van der Waals surface area contributed by atoms with Gasteiger partial charge < -0.3 is 9.47 Å². The number of pyridine rings is 1. The third-order valence-electron chi connectivity index (χ3n) is 2.88. The molecule has 0 aliphatic heterocycles. The van der Waals surface area contributed by atoms with Crippen molar-refractivity contribution < 1.29 is 19.1 Å². The molecule has 0 bridgehead atoms. The van der Waals surface area contributed by atoms with Crippen LogP contribution in [0.4, 0.5) is 0 Å². The van der Waals surface area contributed by atoms with Crippen LogP contribution in [0.2, 0.25) is 5.02 Å². The Balaban J connectivity index is 2.41. The maximum absolute atomic E-state index is 11.7. The molecule has 0 amide bonds. The number of aromatic nitrogens is 1. The highest BCUT2D eigenvalue weighted by molar-refractivity contribution is 6.35. The molecule has 0 aliphatic carbocycles. The van der Waals surface area contributed by atoms with E-state index in [4.69, 9.17) is 16.3 Å². The number of ether oxygens (including phenoxy) is 2. The van der Waals surface area contributed by atoms with Gasteiger partial charge in [0.1, 0.15) is 0 Å². The normalized spacial score (nSPS) is 10.4. The Morgan fingerprint density at radius 2 is 2.05 bits per heavy atom. The Hall–Kier alpha value is -2.14. The third kappa shape index (κ3) is 3.49. The fourth-order valence-corrected chi connectivity index (χ4v) is 2.17. The van der Waals surface area contributed by atoms with Crippen LogP contribution in [0.3, 0.4) is 0 Å². The summed E-state index contributed by atoms with van der Waals surface area (Å²) >= 11 is 6.20. The minimum atomic E-state index is -0.408. The number of hydrogen-bond acceptors (Lipinski definition) is 5. The van der Waals surface area contributed by atoms with Crippen LogP contribution in [0.15, 0.2) is 24.3 Å². The van der Waals surface area contributed by atoms with Crippen molar-refractivity contribution in [1.29, 1.82) is 0 Å². The maximum atomic E-state index is 11.7. The van der Waals surface area contributed by atoms with E-state index in [0.717, 1.165) is 0 Å². The van der Waals surface area contributed by atoms with Crippen LogP contribution >= 0.6 is 11.6 Å². The summed E-state index contributed by atoms with van der Waals surface area (Å²) in [6.45, 7) is 2.05. The standard InChI is InChI=1S/C15H14ClNO4/c1-3-21-15(19)9-4-5-13-11(6-9)12(16)7-10(17-13)8-14(18)20-2/h4-7H,3,8H2,1-2H3. The average Bonchev–Trinajstić information content (AvgIpc) is 2.47. The van der Waals surface area contributed by atoms with E-state index < -0.39 is 5.97 Å². The summed E-state index contributed by atoms with van der Waals surface area (Å²) in [5.74, 6) is -0.796. The number of hydrogen-bond donors (Lipinski definition) is 0. The van der Waals surface area contributed by atoms with E-state index in [-0.39, 0.29) is 12.4 Å². The van der Waals surface area contributed by atoms with Crippen LogP contribution in [0.1, 0.15) is 23.0 Å². The number of rotatable bonds is 4. The molecule has 0 aliphatic rings. The Labute approximate surface area is 126 Å². The molecule has 0 saturated heterocycles. The van der Waals surface area contributed by atoms with Crippen molar-refractivity contribution in [3.63, 3.8) is 0 Å². The average molecular weight is 308 g/mol. The summed E-state index contributed by atoms with van der Waals surface area (Å²) in [6, 6.07) is 6.51. The lowest BCUT2D eigenvalue weighted by atomic mass is 10.1. The molecular weight excluding hydrogens is 294 g/mol. The van der Waals surface area contributed by atoms with Gasteiger partial charge >= 0.3 is 11.9 Å². The van der Waals surface area contributed by atoms with Crippen molar-refractivity contribution in [3.8, 4) is 0 Å². The molecular formula is C15H14ClNO4. The number of methoxy groups -OCH3 is 1. The molecule has 0 radical (unpaired) electrons. The molecule has 2 aromatic rings. The number of halogens is 1. The second kappa shape index (κ2) is 6.54. The summed E-state index contributed by atoms with van der Waals surface area (Å²) < 4.78 is 9.54. The van der Waals surface area contributed by atoms with Gasteiger partial charge in [-0.3, -0.25) is 9.78 Å². The predicted molar refractivity (Wildman–Crippen MR) is 78.4 cm³/mol. The number of carbonyl (C=O) groups excluding carboxylic acids is 2. The van der Waals surface area contributed by atoms with Crippen molar-refractivity contribution in [2.24, 2.45) is 0 Å². The summed E-state index contributed by atoms with van der Waals surface area (Å²) in [5, 5.41) is 1.06. The van der Waals surface area contributed by atoms with Crippen LogP contribution in [0.25, 0.3) is 10.9 Å². The van der Waals surface area contributed by atoms with Gasteiger partial charge in [0, 0.05) is 5.39 Å². The largest absolute Gasteiger partial charge is 0.469 e. The first kappa shape index (κ1) is 15.3. The molecule has 0 saturated carbocycles. The van der Waals surface area contributed by atoms with E-state index in [2.05, 4.69) is 9.72 Å². The van der Waals surface area contributed by atoms with Crippen molar-refractivity contribution in [1.82, 2.24) is 4.98 Å². The molecule has 5 nitrogen and oxygen atoms in total. The van der Waals surface area contributed by atoms with Gasteiger partial charge in [0.05, 0.1) is 41.9 Å². The van der Waals surface area contributed by atoms with E-state index in [1.165, 1.54) is 7.11 Å². The zero-order valence-corrected chi connectivity index (χ0v) is 12.4. The van der Waals surface area contributed by atoms with Crippen molar-refractivity contribution in [2.45, 2.75) is 13.3 Å². The number of esters is 2. The van der Waals surface area contributed by atoms with Crippen LogP contribution in [-0.4, -0.2) is 30.6 Å². The minimum Gasteiger partial charge on any atom is -0.469 e. The number of carbonyl (C=O) groups is 2. The molecule has 0 fully saturated rings. The Bertz CT molecular complexity index is 699. The highest BCUT2D eigenvalue weighted by Crippen LogP contribution is 2.25. The van der Waals surface area contributed by atoms with Gasteiger partial charge in [-0.05, 0) is 31.2 Å². The lowest BCUT2D eigenvalue weighted by Gasteiger charge is -2.07. The molecule has 1 heterocycles. The van der Waals surface area contributed by atoms with Gasteiger partial charge in [0.15, 0.2) is 0 Å². The molecule has 0 N–H and O–H groups in total. The van der Waals surface area contributed by atoms with Gasteiger partial charge in [0.2, 0.25) is 0 Å². The highest BCUT2D eigenvalue weighted by atomic mass is 35.5. The quantitative estimate of drug-likeness (QED) is 0.813. The van der Waals surface area contributed by atoms with Gasteiger partial charge in [-0.1, -0.05) is 11.6 Å². The van der Waals surface area contributed by atoms with Gasteiger partial charge in [0.25, 0.3) is 0 Å². The fourth-order valence-electron chi connectivity index (χ4n) is 1.89. The summed E-state index contributed by atoms with van der Waals surface area (Å²) in [7, 11) is 1.32. The van der Waals surface area contributed by atoms with Crippen molar-refractivity contribution in [3.05, 3.63) is 40.5 Å². The zero-order valence-electron chi connectivity index (χ0n) is 11.7. The SMILES string of the molecule is CCOC(=O)c1ccc2nc(CC(=O)OC)cc(Cl)c2c1. The van der Waals surface area contributed by atoms with Crippen LogP contribution < -0.4 is 0 Å². The van der Waals surface area contributed by atoms with E-state index in [0.29, 0.717) is 33.8 Å². The van der Waals surface area contributed by atoms with Gasteiger partial charge in [-0.15, -0.1) is 0 Å². The molecule has 2 rings (SSSR count). The molecule has 1 aromatic heterocycles. The highest BCUT2D eigenvalue weighted by Gasteiger charge is 2.12. The zero-order chi connectivity index (χ0) is 15.4. The fraction of sp³-hybridized carbons (Fsp3) is 0.267. The van der Waals surface area contributed by atoms with E-state index in [1.807, 2.05) is 0 Å². The van der Waals surface area contributed by atoms with Crippen LogP contribution in [-0.2, 0) is 20.7 Å². The van der Waals surface area contributed by atoms with E-state index >= 15 is 0 Å². The second-order valence-electron chi connectivity index (χ2n) is 4.30. The Morgan fingerprint density at radius 3 is 2.71 bits per heavy atom. The lowest BCUT2D eigenvalue weighted by Crippen LogP contribution is -2.07.